The first-order valence-electron chi connectivity index (χ1n) is 8.90. The fourth-order valence-corrected chi connectivity index (χ4v) is 3.25. The van der Waals surface area contributed by atoms with Gasteiger partial charge >= 0.3 is 6.18 Å². The van der Waals surface area contributed by atoms with Crippen molar-refractivity contribution in [1.82, 2.24) is 15.0 Å². The van der Waals surface area contributed by atoms with Crippen LogP contribution in [-0.2, 0) is 17.5 Å². The van der Waals surface area contributed by atoms with E-state index in [-0.39, 0.29) is 17.9 Å². The summed E-state index contributed by atoms with van der Waals surface area (Å²) in [6.45, 7) is 3.42. The van der Waals surface area contributed by atoms with Crippen molar-refractivity contribution >= 4 is 26.6 Å². The van der Waals surface area contributed by atoms with Gasteiger partial charge in [0.15, 0.2) is 11.9 Å². The Balaban J connectivity index is 2.09. The summed E-state index contributed by atoms with van der Waals surface area (Å²) >= 11 is 3.19. The van der Waals surface area contributed by atoms with Crippen LogP contribution in [0.1, 0.15) is 16.8 Å². The normalized spacial score (nSPS) is 15.8. The smallest absolute Gasteiger partial charge is 0.437 e. The number of allylic oxidation sites excluding steroid dienone is 1. The molecule has 2 heterocycles. The zero-order chi connectivity index (χ0) is 23.5. The molecule has 0 spiro atoms. The third kappa shape index (κ3) is 5.06. The van der Waals surface area contributed by atoms with Crippen LogP contribution >= 0.6 is 15.9 Å². The number of nitrogens with zero attached hydrogens (tertiary/aromatic N) is 4. The number of hydrazone groups is 1. The van der Waals surface area contributed by atoms with E-state index in [1.807, 2.05) is 6.07 Å². The zero-order valence-corrected chi connectivity index (χ0v) is 18.1. The van der Waals surface area contributed by atoms with Gasteiger partial charge in [0.05, 0.1) is 24.5 Å². The molecule has 0 radical (unpaired) electrons. The Bertz CT molecular complexity index is 1210. The van der Waals surface area contributed by atoms with Gasteiger partial charge in [0.1, 0.15) is 10.4 Å². The molecule has 166 valence electrons. The van der Waals surface area contributed by atoms with E-state index in [1.165, 1.54) is 31.4 Å². The van der Waals surface area contributed by atoms with Gasteiger partial charge in [-0.1, -0.05) is 12.7 Å². The Morgan fingerprint density at radius 1 is 1.41 bits per heavy atom. The standard InChI is InChI=1S/C20H15BrF3N5O3/c1-3-11-4-12(8-25)6-14(5-11)32-16-17(20(22,23)24)26-10-29(19(16)30)9-13-7-15(21)27-28-18(13)31-2/h3-7,10,18,28H,1,9H2,2H3. The van der Waals surface area contributed by atoms with E-state index in [9.17, 15) is 18.0 Å². The highest BCUT2D eigenvalue weighted by Gasteiger charge is 2.39. The largest absolute Gasteiger partial charge is 0.449 e. The molecule has 1 N–H and O–H groups in total. The number of ether oxygens (including phenoxy) is 2. The average Bonchev–Trinajstić information content (AvgIpc) is 2.75. The van der Waals surface area contributed by atoms with Crippen molar-refractivity contribution in [3.8, 4) is 17.6 Å². The van der Waals surface area contributed by atoms with Crippen molar-refractivity contribution in [1.29, 1.82) is 5.26 Å². The topological polar surface area (TPSA) is 102 Å². The van der Waals surface area contributed by atoms with E-state index >= 15 is 0 Å². The van der Waals surface area contributed by atoms with Gasteiger partial charge in [-0.15, -0.1) is 0 Å². The molecule has 2 aromatic rings. The number of nitrogens with one attached hydrogen (secondary N) is 1. The molecule has 0 saturated carbocycles. The van der Waals surface area contributed by atoms with E-state index in [2.05, 4.69) is 38.0 Å². The second kappa shape index (κ2) is 9.37. The second-order valence-corrected chi connectivity index (χ2v) is 7.27. The minimum Gasteiger partial charge on any atom is -0.449 e. The number of hydrogen-bond acceptors (Lipinski definition) is 7. The number of methoxy groups -OCH3 is 1. The fraction of sp³-hybridized carbons (Fsp3) is 0.200. The number of rotatable bonds is 6. The molecular formula is C20H15BrF3N5O3. The second-order valence-electron chi connectivity index (χ2n) is 6.46. The molecule has 8 nitrogen and oxygen atoms in total. The van der Waals surface area contributed by atoms with Crippen LogP contribution in [-0.4, -0.2) is 27.5 Å². The maximum absolute atomic E-state index is 13.6. The first kappa shape index (κ1) is 23.2. The molecule has 0 amide bonds. The van der Waals surface area contributed by atoms with Crippen molar-refractivity contribution in [3.63, 3.8) is 0 Å². The first-order valence-corrected chi connectivity index (χ1v) is 9.69. The van der Waals surface area contributed by atoms with Crippen LogP contribution in [0.4, 0.5) is 13.2 Å². The molecule has 0 aliphatic carbocycles. The Hall–Kier alpha value is -3.43. The molecule has 1 aromatic carbocycles. The number of hydrogen-bond donors (Lipinski definition) is 1. The molecule has 0 bridgehead atoms. The monoisotopic (exact) mass is 509 g/mol. The fourth-order valence-electron chi connectivity index (χ4n) is 2.85. The lowest BCUT2D eigenvalue weighted by Crippen LogP contribution is -2.36. The van der Waals surface area contributed by atoms with Gasteiger partial charge < -0.3 is 9.47 Å². The van der Waals surface area contributed by atoms with Crippen molar-refractivity contribution < 1.29 is 22.6 Å². The molecule has 0 fully saturated rings. The van der Waals surface area contributed by atoms with Gasteiger partial charge in [-0.05, 0) is 45.8 Å². The van der Waals surface area contributed by atoms with Crippen molar-refractivity contribution in [2.24, 2.45) is 5.10 Å². The molecule has 0 saturated heterocycles. The molecular weight excluding hydrogens is 495 g/mol. The summed E-state index contributed by atoms with van der Waals surface area (Å²) in [4.78, 5) is 16.4. The number of alkyl halides is 3. The van der Waals surface area contributed by atoms with Gasteiger partial charge in [-0.3, -0.25) is 14.8 Å². The van der Waals surface area contributed by atoms with Crippen molar-refractivity contribution in [3.05, 3.63) is 69.9 Å². The predicted molar refractivity (Wildman–Crippen MR) is 113 cm³/mol. The molecule has 1 aliphatic rings. The van der Waals surface area contributed by atoms with Crippen LogP contribution < -0.4 is 15.7 Å². The lowest BCUT2D eigenvalue weighted by molar-refractivity contribution is -0.142. The molecule has 1 aromatic heterocycles. The van der Waals surface area contributed by atoms with E-state index in [1.54, 1.807) is 6.08 Å². The predicted octanol–water partition coefficient (Wildman–Crippen LogP) is 3.78. The zero-order valence-electron chi connectivity index (χ0n) is 16.5. The minimum absolute atomic E-state index is 0.126. The van der Waals surface area contributed by atoms with E-state index in [4.69, 9.17) is 14.7 Å². The highest BCUT2D eigenvalue weighted by atomic mass is 79.9. The third-order valence-corrected chi connectivity index (χ3v) is 4.70. The van der Waals surface area contributed by atoms with Gasteiger partial charge in [0.2, 0.25) is 5.75 Å². The summed E-state index contributed by atoms with van der Waals surface area (Å²) in [7, 11) is 1.40. The van der Waals surface area contributed by atoms with Crippen LogP contribution in [0.2, 0.25) is 0 Å². The molecule has 1 aliphatic heterocycles. The summed E-state index contributed by atoms with van der Waals surface area (Å²) in [6, 6.07) is 5.91. The number of benzene rings is 1. The summed E-state index contributed by atoms with van der Waals surface area (Å²) in [6.07, 6.45) is -1.89. The Morgan fingerprint density at radius 2 is 2.16 bits per heavy atom. The quantitative estimate of drug-likeness (QED) is 0.635. The maximum atomic E-state index is 13.6. The van der Waals surface area contributed by atoms with Crippen LogP contribution in [0.5, 0.6) is 11.5 Å². The van der Waals surface area contributed by atoms with Crippen LogP contribution in [0.3, 0.4) is 0 Å². The SMILES string of the molecule is C=Cc1cc(C#N)cc(Oc2c(C(F)(F)F)ncn(CC3=CC(Br)=NNC3OC)c2=O)c1. The Kier molecular flexibility index (Phi) is 6.81. The highest BCUT2D eigenvalue weighted by Crippen LogP contribution is 2.35. The van der Waals surface area contributed by atoms with Crippen LogP contribution in [0.25, 0.3) is 6.08 Å². The molecule has 1 atom stereocenters. The Morgan fingerprint density at radius 3 is 2.78 bits per heavy atom. The van der Waals surface area contributed by atoms with Gasteiger partial charge in [-0.25, -0.2) is 4.98 Å². The summed E-state index contributed by atoms with van der Waals surface area (Å²) < 4.78 is 52.6. The Labute approximate surface area is 188 Å². The summed E-state index contributed by atoms with van der Waals surface area (Å²) in [5.41, 5.74) is 1.20. The van der Waals surface area contributed by atoms with E-state index in [0.29, 0.717) is 15.8 Å². The van der Waals surface area contributed by atoms with Crippen LogP contribution in [0.15, 0.2) is 52.7 Å². The minimum atomic E-state index is -4.95. The lowest BCUT2D eigenvalue weighted by atomic mass is 10.1. The average molecular weight is 510 g/mol. The van der Waals surface area contributed by atoms with E-state index in [0.717, 1.165) is 10.9 Å². The van der Waals surface area contributed by atoms with Gasteiger partial charge in [0, 0.05) is 12.7 Å². The molecule has 32 heavy (non-hydrogen) atoms. The lowest BCUT2D eigenvalue weighted by Gasteiger charge is -2.23. The van der Waals surface area contributed by atoms with Crippen molar-refractivity contribution in [2.75, 3.05) is 7.11 Å². The van der Waals surface area contributed by atoms with Gasteiger partial charge in [-0.2, -0.15) is 23.5 Å². The summed E-state index contributed by atoms with van der Waals surface area (Å²) in [5, 5.41) is 13.1. The highest BCUT2D eigenvalue weighted by molar-refractivity contribution is 9.18. The van der Waals surface area contributed by atoms with E-state index < -0.39 is 29.4 Å². The number of halogens is 4. The number of nitriles is 1. The molecule has 1 unspecified atom stereocenters. The molecule has 3 rings (SSSR count). The maximum Gasteiger partial charge on any atom is 0.437 e. The number of aromatic nitrogens is 2. The summed E-state index contributed by atoms with van der Waals surface area (Å²) in [5.74, 6) is -1.15. The van der Waals surface area contributed by atoms with Gasteiger partial charge in [0.25, 0.3) is 5.56 Å². The van der Waals surface area contributed by atoms with Crippen molar-refractivity contribution in [2.45, 2.75) is 18.9 Å². The molecule has 12 heteroatoms. The third-order valence-electron chi connectivity index (χ3n) is 4.30. The van der Waals surface area contributed by atoms with Crippen LogP contribution in [0, 0.1) is 11.3 Å². The first-order chi connectivity index (χ1) is 15.2.